The van der Waals surface area contributed by atoms with Crippen molar-refractivity contribution in [2.45, 2.75) is 12.8 Å². The molecule has 10 heteroatoms. The van der Waals surface area contributed by atoms with Crippen molar-refractivity contribution in [1.29, 1.82) is 0 Å². The van der Waals surface area contributed by atoms with Crippen LogP contribution in [0.15, 0.2) is 12.3 Å². The first-order valence-electron chi connectivity index (χ1n) is 3.89. The van der Waals surface area contributed by atoms with Gasteiger partial charge in [0.05, 0.1) is 11.1 Å². The molecule has 0 aliphatic rings. The second-order valence-electron chi connectivity index (χ2n) is 2.68. The zero-order valence-electron chi connectivity index (χ0n) is 7.74. The van der Waals surface area contributed by atoms with E-state index in [1.165, 1.54) is 0 Å². The van der Waals surface area contributed by atoms with E-state index in [1.807, 2.05) is 0 Å². The molecule has 0 aliphatic heterocycles. The quantitative estimate of drug-likeness (QED) is 0.475. The minimum atomic E-state index is -5.17. The lowest BCUT2D eigenvalue weighted by molar-refractivity contribution is -0.388. The van der Waals surface area contributed by atoms with Crippen LogP contribution in [-0.2, 0) is 0 Å². The molecule has 94 valence electrons. The summed E-state index contributed by atoms with van der Waals surface area (Å²) in [5.74, 6) is -1.24. The zero-order valence-corrected chi connectivity index (χ0v) is 7.74. The van der Waals surface area contributed by atoms with Crippen molar-refractivity contribution in [3.8, 4) is 5.75 Å². The Labute approximate surface area is 90.0 Å². The summed E-state index contributed by atoms with van der Waals surface area (Å²) in [6, 6.07) is 0.228. The molecule has 0 bridgehead atoms. The van der Waals surface area contributed by atoms with Crippen LogP contribution >= 0.6 is 0 Å². The third-order valence-corrected chi connectivity index (χ3v) is 1.51. The average molecular weight is 258 g/mol. The highest BCUT2D eigenvalue weighted by atomic mass is 19.4. The van der Waals surface area contributed by atoms with E-state index in [0.717, 1.165) is 0 Å². The maximum atomic E-state index is 12.1. The topological polar surface area (TPSA) is 65.3 Å². The van der Waals surface area contributed by atoms with Gasteiger partial charge in [0.25, 0.3) is 6.43 Å². The Bertz CT molecular complexity index is 434. The number of nitro groups is 1. The minimum Gasteiger partial charge on any atom is -0.397 e. The molecular weight excluding hydrogens is 255 g/mol. The molecule has 0 saturated carbocycles. The summed E-state index contributed by atoms with van der Waals surface area (Å²) in [4.78, 5) is 12.0. The summed E-state index contributed by atoms with van der Waals surface area (Å²) in [6.07, 6.45) is -8.07. The average Bonchev–Trinajstić information content (AvgIpc) is 2.14. The number of pyridine rings is 1. The van der Waals surface area contributed by atoms with Crippen molar-refractivity contribution in [3.05, 3.63) is 28.1 Å². The van der Waals surface area contributed by atoms with E-state index >= 15 is 0 Å². The molecule has 17 heavy (non-hydrogen) atoms. The molecule has 0 unspecified atom stereocenters. The van der Waals surface area contributed by atoms with Crippen molar-refractivity contribution in [2.24, 2.45) is 0 Å². The monoisotopic (exact) mass is 258 g/mol. The van der Waals surface area contributed by atoms with E-state index in [1.54, 1.807) is 0 Å². The van der Waals surface area contributed by atoms with Gasteiger partial charge in [-0.05, 0) is 0 Å². The lowest BCUT2D eigenvalue weighted by Crippen LogP contribution is -2.18. The Morgan fingerprint density at radius 3 is 2.41 bits per heavy atom. The lowest BCUT2D eigenvalue weighted by atomic mass is 10.3. The van der Waals surface area contributed by atoms with E-state index in [-0.39, 0.29) is 12.3 Å². The first-order valence-corrected chi connectivity index (χ1v) is 3.89. The van der Waals surface area contributed by atoms with Crippen LogP contribution in [0.2, 0.25) is 0 Å². The fourth-order valence-electron chi connectivity index (χ4n) is 0.913. The predicted octanol–water partition coefficient (Wildman–Crippen LogP) is 2.83. The second-order valence-corrected chi connectivity index (χ2v) is 2.68. The Morgan fingerprint density at radius 2 is 2.00 bits per heavy atom. The van der Waals surface area contributed by atoms with Crippen LogP contribution in [0.4, 0.5) is 27.6 Å². The van der Waals surface area contributed by atoms with Crippen LogP contribution in [0.25, 0.3) is 0 Å². The van der Waals surface area contributed by atoms with Crippen LogP contribution in [0.3, 0.4) is 0 Å². The summed E-state index contributed by atoms with van der Waals surface area (Å²) in [5.41, 5.74) is -2.24. The number of halogens is 5. The molecule has 0 radical (unpaired) electrons. The van der Waals surface area contributed by atoms with E-state index < -0.39 is 34.8 Å². The van der Waals surface area contributed by atoms with Crippen LogP contribution in [-0.4, -0.2) is 16.3 Å². The minimum absolute atomic E-state index is 0.228. The normalized spacial score (nSPS) is 11.6. The summed E-state index contributed by atoms with van der Waals surface area (Å²) in [6.45, 7) is 0. The fourth-order valence-corrected chi connectivity index (χ4v) is 0.913. The molecule has 5 nitrogen and oxygen atoms in total. The first-order chi connectivity index (χ1) is 7.70. The number of nitrogens with zero attached hydrogens (tertiary/aromatic N) is 2. The molecule has 1 aromatic rings. The Kier molecular flexibility index (Phi) is 3.44. The number of ether oxygens (including phenoxy) is 1. The number of alkyl halides is 5. The molecule has 0 aromatic carbocycles. The highest BCUT2D eigenvalue weighted by Crippen LogP contribution is 2.33. The third kappa shape index (κ3) is 3.50. The van der Waals surface area contributed by atoms with Crippen LogP contribution in [0, 0.1) is 10.1 Å². The van der Waals surface area contributed by atoms with Crippen LogP contribution in [0.5, 0.6) is 5.75 Å². The van der Waals surface area contributed by atoms with Crippen molar-refractivity contribution in [2.75, 3.05) is 0 Å². The third-order valence-electron chi connectivity index (χ3n) is 1.51. The molecule has 0 fully saturated rings. The van der Waals surface area contributed by atoms with Gasteiger partial charge in [-0.15, -0.1) is 13.2 Å². The van der Waals surface area contributed by atoms with Gasteiger partial charge in [0.1, 0.15) is 5.69 Å². The molecule has 1 rings (SSSR count). The van der Waals surface area contributed by atoms with Gasteiger partial charge in [-0.25, -0.2) is 8.78 Å². The van der Waals surface area contributed by atoms with Crippen LogP contribution < -0.4 is 4.74 Å². The first kappa shape index (κ1) is 13.1. The van der Waals surface area contributed by atoms with Crippen molar-refractivity contribution >= 4 is 5.69 Å². The van der Waals surface area contributed by atoms with Gasteiger partial charge in [-0.3, -0.25) is 15.1 Å². The number of hydrogen-bond acceptors (Lipinski definition) is 4. The lowest BCUT2D eigenvalue weighted by Gasteiger charge is -2.09. The molecule has 0 aliphatic carbocycles. The highest BCUT2D eigenvalue weighted by Gasteiger charge is 2.35. The SMILES string of the molecule is O=[N+]([O-])c1cc(C(F)F)ncc1OC(F)(F)F. The molecule has 0 spiro atoms. The molecule has 1 aromatic heterocycles. The van der Waals surface area contributed by atoms with Crippen molar-refractivity contribution in [3.63, 3.8) is 0 Å². The summed E-state index contributed by atoms with van der Waals surface area (Å²) in [5, 5.41) is 10.4. The van der Waals surface area contributed by atoms with E-state index in [0.29, 0.717) is 0 Å². The van der Waals surface area contributed by atoms with Gasteiger partial charge < -0.3 is 4.74 Å². The van der Waals surface area contributed by atoms with Gasteiger partial charge in [0, 0.05) is 6.07 Å². The summed E-state index contributed by atoms with van der Waals surface area (Å²) in [7, 11) is 0. The van der Waals surface area contributed by atoms with Gasteiger partial charge >= 0.3 is 12.0 Å². The van der Waals surface area contributed by atoms with E-state index in [4.69, 9.17) is 0 Å². The number of hydrogen-bond donors (Lipinski definition) is 0. The van der Waals surface area contributed by atoms with Gasteiger partial charge in [0.15, 0.2) is 0 Å². The fraction of sp³-hybridized carbons (Fsp3) is 0.286. The Hall–Kier alpha value is -2.00. The number of rotatable bonds is 3. The molecule has 1 heterocycles. The standard InChI is InChI=1S/C7H3F5N2O3/c8-6(9)3-1-4(14(15)16)5(2-13-3)17-7(10,11)12/h1-2,6H. The Balaban J connectivity index is 3.18. The molecule has 0 N–H and O–H groups in total. The van der Waals surface area contributed by atoms with Gasteiger partial charge in [0.2, 0.25) is 5.75 Å². The van der Waals surface area contributed by atoms with Gasteiger partial charge in [-0.1, -0.05) is 0 Å². The maximum absolute atomic E-state index is 12.1. The predicted molar refractivity (Wildman–Crippen MR) is 42.5 cm³/mol. The molecule has 0 amide bonds. The molecule has 0 saturated heterocycles. The maximum Gasteiger partial charge on any atom is 0.573 e. The summed E-state index contributed by atoms with van der Waals surface area (Å²) >= 11 is 0. The Morgan fingerprint density at radius 1 is 1.41 bits per heavy atom. The zero-order chi connectivity index (χ0) is 13.2. The van der Waals surface area contributed by atoms with Crippen molar-refractivity contribution in [1.82, 2.24) is 4.98 Å². The largest absolute Gasteiger partial charge is 0.573 e. The second kappa shape index (κ2) is 4.47. The number of aromatic nitrogens is 1. The highest BCUT2D eigenvalue weighted by molar-refractivity contribution is 5.45. The van der Waals surface area contributed by atoms with E-state index in [9.17, 15) is 32.1 Å². The van der Waals surface area contributed by atoms with Crippen LogP contribution in [0.1, 0.15) is 12.1 Å². The molecular formula is C7H3F5N2O3. The van der Waals surface area contributed by atoms with Gasteiger partial charge in [-0.2, -0.15) is 0 Å². The van der Waals surface area contributed by atoms with E-state index in [2.05, 4.69) is 9.72 Å². The summed E-state index contributed by atoms with van der Waals surface area (Å²) < 4.78 is 63.0. The van der Waals surface area contributed by atoms with Crippen molar-refractivity contribution < 1.29 is 31.6 Å². The smallest absolute Gasteiger partial charge is 0.397 e. The molecule has 0 atom stereocenters.